The Balaban J connectivity index is 1.78. The number of hydrogen-bond donors (Lipinski definition) is 2. The summed E-state index contributed by atoms with van der Waals surface area (Å²) in [6.07, 6.45) is 4.50. The third-order valence-corrected chi connectivity index (χ3v) is 4.55. The van der Waals surface area contributed by atoms with E-state index in [-0.39, 0.29) is 5.91 Å². The predicted molar refractivity (Wildman–Crippen MR) is 79.3 cm³/mol. The molecule has 1 saturated heterocycles. The molecule has 0 spiro atoms. The van der Waals surface area contributed by atoms with E-state index in [2.05, 4.69) is 5.32 Å². The first-order chi connectivity index (χ1) is 10.1. The summed E-state index contributed by atoms with van der Waals surface area (Å²) in [6.45, 7) is 0. The van der Waals surface area contributed by atoms with E-state index in [0.29, 0.717) is 5.69 Å². The summed E-state index contributed by atoms with van der Waals surface area (Å²) >= 11 is 1.58. The molecule has 2 heterocycles. The highest BCUT2D eigenvalue weighted by molar-refractivity contribution is 7.98. The summed E-state index contributed by atoms with van der Waals surface area (Å²) in [5.74, 6) is -2.80. The molecule has 2 bridgehead atoms. The van der Waals surface area contributed by atoms with E-state index in [1.165, 1.54) is 0 Å². The molecule has 3 rings (SSSR count). The largest absolute Gasteiger partial charge is 0.481 e. The minimum atomic E-state index is -0.995. The SMILES string of the molecule is CSc1cccc(NC(=O)[C@@H]2[C@@H](C(=O)O)[C@H]3C=C[C@H]2O3)c1. The van der Waals surface area contributed by atoms with Crippen LogP contribution in [0, 0.1) is 11.8 Å². The van der Waals surface area contributed by atoms with Crippen molar-refractivity contribution in [2.75, 3.05) is 11.6 Å². The summed E-state index contributed by atoms with van der Waals surface area (Å²) in [4.78, 5) is 24.8. The number of hydrogen-bond acceptors (Lipinski definition) is 4. The summed E-state index contributed by atoms with van der Waals surface area (Å²) in [7, 11) is 0. The van der Waals surface area contributed by atoms with E-state index in [0.717, 1.165) is 4.90 Å². The molecule has 2 aliphatic heterocycles. The lowest BCUT2D eigenvalue weighted by atomic mass is 9.82. The zero-order valence-corrected chi connectivity index (χ0v) is 12.2. The third-order valence-electron chi connectivity index (χ3n) is 3.82. The van der Waals surface area contributed by atoms with Crippen molar-refractivity contribution in [3.8, 4) is 0 Å². The normalized spacial score (nSPS) is 29.6. The lowest BCUT2D eigenvalue weighted by molar-refractivity contribution is -0.145. The topological polar surface area (TPSA) is 75.6 Å². The van der Waals surface area contributed by atoms with E-state index in [9.17, 15) is 14.7 Å². The van der Waals surface area contributed by atoms with Crippen LogP contribution in [0.3, 0.4) is 0 Å². The average Bonchev–Trinajstić information content (AvgIpc) is 3.07. The number of carboxylic acids is 1. The number of ether oxygens (including phenoxy) is 1. The van der Waals surface area contributed by atoms with Crippen LogP contribution >= 0.6 is 11.8 Å². The molecule has 21 heavy (non-hydrogen) atoms. The number of fused-ring (bicyclic) bond motifs is 2. The first-order valence-corrected chi connectivity index (χ1v) is 7.84. The zero-order chi connectivity index (χ0) is 15.0. The molecular weight excluding hydrogens is 290 g/mol. The quantitative estimate of drug-likeness (QED) is 0.657. The Morgan fingerprint density at radius 3 is 2.62 bits per heavy atom. The number of thioether (sulfide) groups is 1. The molecule has 0 unspecified atom stereocenters. The Hall–Kier alpha value is -1.79. The number of aliphatic carboxylic acids is 1. The van der Waals surface area contributed by atoms with Crippen molar-refractivity contribution in [1.82, 2.24) is 0 Å². The fourth-order valence-electron chi connectivity index (χ4n) is 2.84. The van der Waals surface area contributed by atoms with Crippen molar-refractivity contribution in [3.63, 3.8) is 0 Å². The smallest absolute Gasteiger partial charge is 0.310 e. The van der Waals surface area contributed by atoms with Crippen LogP contribution in [0.1, 0.15) is 0 Å². The van der Waals surface area contributed by atoms with Gasteiger partial charge in [0.1, 0.15) is 5.92 Å². The van der Waals surface area contributed by atoms with Gasteiger partial charge in [-0.15, -0.1) is 11.8 Å². The first-order valence-electron chi connectivity index (χ1n) is 6.61. The summed E-state index contributed by atoms with van der Waals surface area (Å²) in [5.41, 5.74) is 0.669. The minimum absolute atomic E-state index is 0.308. The summed E-state index contributed by atoms with van der Waals surface area (Å²) < 4.78 is 5.51. The van der Waals surface area contributed by atoms with E-state index >= 15 is 0 Å². The van der Waals surface area contributed by atoms with Crippen molar-refractivity contribution >= 4 is 29.3 Å². The molecule has 0 aromatic heterocycles. The molecule has 1 fully saturated rings. The molecule has 2 aliphatic rings. The van der Waals surface area contributed by atoms with Gasteiger partial charge in [-0.05, 0) is 24.5 Å². The maximum Gasteiger partial charge on any atom is 0.310 e. The molecule has 110 valence electrons. The minimum Gasteiger partial charge on any atom is -0.481 e. The molecule has 2 N–H and O–H groups in total. The van der Waals surface area contributed by atoms with E-state index < -0.39 is 30.0 Å². The van der Waals surface area contributed by atoms with Crippen molar-refractivity contribution in [1.29, 1.82) is 0 Å². The lowest BCUT2D eigenvalue weighted by Gasteiger charge is -2.21. The fraction of sp³-hybridized carbons (Fsp3) is 0.333. The third kappa shape index (κ3) is 2.56. The monoisotopic (exact) mass is 305 g/mol. The first kappa shape index (κ1) is 14.2. The van der Waals surface area contributed by atoms with Gasteiger partial charge < -0.3 is 15.2 Å². The second-order valence-electron chi connectivity index (χ2n) is 5.06. The van der Waals surface area contributed by atoms with Gasteiger partial charge in [0, 0.05) is 10.6 Å². The van der Waals surface area contributed by atoms with Gasteiger partial charge in [-0.1, -0.05) is 18.2 Å². The van der Waals surface area contributed by atoms with Crippen molar-refractivity contribution < 1.29 is 19.4 Å². The fourth-order valence-corrected chi connectivity index (χ4v) is 3.30. The van der Waals surface area contributed by atoms with Crippen molar-refractivity contribution in [3.05, 3.63) is 36.4 Å². The van der Waals surface area contributed by atoms with Crippen LogP contribution in [0.5, 0.6) is 0 Å². The number of nitrogens with one attached hydrogen (secondary N) is 1. The highest BCUT2D eigenvalue weighted by Gasteiger charge is 2.53. The van der Waals surface area contributed by atoms with Crippen molar-refractivity contribution in [2.45, 2.75) is 17.1 Å². The zero-order valence-electron chi connectivity index (χ0n) is 11.4. The Bertz CT molecular complexity index is 615. The van der Waals surface area contributed by atoms with Crippen molar-refractivity contribution in [2.24, 2.45) is 11.8 Å². The number of carbonyl (C=O) groups is 2. The Kier molecular flexibility index (Phi) is 3.73. The van der Waals surface area contributed by atoms with Crippen LogP contribution in [0.2, 0.25) is 0 Å². The van der Waals surface area contributed by atoms with Crippen LogP contribution < -0.4 is 5.32 Å². The van der Waals surface area contributed by atoms with Crippen LogP contribution in [0.25, 0.3) is 0 Å². The summed E-state index contributed by atoms with van der Waals surface area (Å²) in [5, 5.41) is 12.1. The maximum atomic E-state index is 12.4. The van der Waals surface area contributed by atoms with Crippen LogP contribution in [-0.4, -0.2) is 35.4 Å². The van der Waals surface area contributed by atoms with Crippen LogP contribution in [0.15, 0.2) is 41.3 Å². The van der Waals surface area contributed by atoms with Gasteiger partial charge in [-0.25, -0.2) is 0 Å². The molecule has 0 saturated carbocycles. The number of carbonyl (C=O) groups excluding carboxylic acids is 1. The van der Waals surface area contributed by atoms with Crippen LogP contribution in [-0.2, 0) is 14.3 Å². The number of carboxylic acid groups (broad SMARTS) is 1. The molecule has 1 amide bonds. The van der Waals surface area contributed by atoms with Gasteiger partial charge in [0.2, 0.25) is 5.91 Å². The molecule has 5 nitrogen and oxygen atoms in total. The second-order valence-corrected chi connectivity index (χ2v) is 5.94. The standard InChI is InChI=1S/C15H15NO4S/c1-21-9-4-2-3-8(7-9)16-14(17)12-10-5-6-11(20-10)13(12)15(18)19/h2-7,10-13H,1H3,(H,16,17)(H,18,19)/t10-,11-,12+,13+/m1/s1. The Morgan fingerprint density at radius 2 is 1.95 bits per heavy atom. The van der Waals surface area contributed by atoms with E-state index in [1.807, 2.05) is 24.5 Å². The highest BCUT2D eigenvalue weighted by atomic mass is 32.2. The van der Waals surface area contributed by atoms with E-state index in [1.54, 1.807) is 30.0 Å². The molecule has 0 radical (unpaired) electrons. The Morgan fingerprint density at radius 1 is 1.24 bits per heavy atom. The molecular formula is C15H15NO4S. The van der Waals surface area contributed by atoms with Crippen LogP contribution in [0.4, 0.5) is 5.69 Å². The number of rotatable bonds is 4. The number of amides is 1. The highest BCUT2D eigenvalue weighted by Crippen LogP contribution is 2.39. The molecule has 6 heteroatoms. The van der Waals surface area contributed by atoms with Gasteiger partial charge in [-0.2, -0.15) is 0 Å². The van der Waals surface area contributed by atoms with Gasteiger partial charge >= 0.3 is 5.97 Å². The molecule has 1 aromatic carbocycles. The van der Waals surface area contributed by atoms with Gasteiger partial charge in [0.05, 0.1) is 18.1 Å². The summed E-state index contributed by atoms with van der Waals surface area (Å²) in [6, 6.07) is 7.45. The van der Waals surface area contributed by atoms with Gasteiger partial charge in [0.25, 0.3) is 0 Å². The average molecular weight is 305 g/mol. The Labute approximate surface area is 126 Å². The molecule has 0 aliphatic carbocycles. The predicted octanol–water partition coefficient (Wildman–Crippen LogP) is 2.00. The molecule has 1 aromatic rings. The van der Waals surface area contributed by atoms with Gasteiger partial charge in [0.15, 0.2) is 0 Å². The number of benzene rings is 1. The molecule has 4 atom stereocenters. The van der Waals surface area contributed by atoms with Gasteiger partial charge in [-0.3, -0.25) is 9.59 Å². The maximum absolute atomic E-state index is 12.4. The number of anilines is 1. The second kappa shape index (κ2) is 5.54. The lowest BCUT2D eigenvalue weighted by Crippen LogP contribution is -2.39. The van der Waals surface area contributed by atoms with E-state index in [4.69, 9.17) is 4.74 Å².